The number of amides is 1. The third-order valence-corrected chi connectivity index (χ3v) is 6.18. The average Bonchev–Trinajstić information content (AvgIpc) is 3.06. The third kappa shape index (κ3) is 4.44. The first-order valence-electron chi connectivity index (χ1n) is 9.11. The number of fused-ring (bicyclic) bond motifs is 1. The molecule has 1 atom stereocenters. The molecular weight excluding hydrogens is 392 g/mol. The summed E-state index contributed by atoms with van der Waals surface area (Å²) in [6.45, 7) is 5.92. The number of aromatic nitrogens is 3. The number of hydrogen-bond donors (Lipinski definition) is 2. The number of benzene rings is 1. The van der Waals surface area contributed by atoms with Gasteiger partial charge < -0.3 is 10.3 Å². The summed E-state index contributed by atoms with van der Waals surface area (Å²) < 4.78 is 1.69. The lowest BCUT2D eigenvalue weighted by molar-refractivity contribution is -0.113. The Morgan fingerprint density at radius 2 is 2.14 bits per heavy atom. The summed E-state index contributed by atoms with van der Waals surface area (Å²) in [7, 11) is 0. The second kappa shape index (κ2) is 8.87. The van der Waals surface area contributed by atoms with E-state index in [9.17, 15) is 9.59 Å². The van der Waals surface area contributed by atoms with Gasteiger partial charge in [-0.15, -0.1) is 11.8 Å². The van der Waals surface area contributed by atoms with E-state index in [0.717, 1.165) is 22.7 Å². The minimum absolute atomic E-state index is 0.00294. The monoisotopic (exact) mass is 416 g/mol. The van der Waals surface area contributed by atoms with Crippen LogP contribution in [-0.4, -0.2) is 32.5 Å². The lowest BCUT2D eigenvalue weighted by atomic mass is 10.2. The molecule has 148 valence electrons. The molecule has 6 nitrogen and oxygen atoms in total. The zero-order valence-corrected chi connectivity index (χ0v) is 18.0. The van der Waals surface area contributed by atoms with Gasteiger partial charge in [-0.3, -0.25) is 14.2 Å². The molecule has 0 aliphatic heterocycles. The summed E-state index contributed by atoms with van der Waals surface area (Å²) in [5.74, 6) is 0.0555. The molecule has 0 radical (unpaired) electrons. The highest BCUT2D eigenvalue weighted by molar-refractivity contribution is 7.99. The van der Waals surface area contributed by atoms with Crippen LogP contribution in [0.25, 0.3) is 11.0 Å². The summed E-state index contributed by atoms with van der Waals surface area (Å²) in [6, 6.07) is 9.57. The van der Waals surface area contributed by atoms with Crippen molar-refractivity contribution in [2.24, 2.45) is 0 Å². The van der Waals surface area contributed by atoms with Crippen LogP contribution in [0.2, 0.25) is 0 Å². The van der Waals surface area contributed by atoms with Gasteiger partial charge in [-0.1, -0.05) is 24.8 Å². The third-order valence-electron chi connectivity index (χ3n) is 4.50. The highest BCUT2D eigenvalue weighted by Gasteiger charge is 2.18. The molecule has 2 N–H and O–H groups in total. The molecule has 0 aliphatic rings. The SMILES string of the molecule is CC[C@@H](C)n1c(SCC(=O)Nc2cccc(SC)c2)nc2cc(C)[nH]c2c1=O. The highest BCUT2D eigenvalue weighted by Crippen LogP contribution is 2.23. The van der Waals surface area contributed by atoms with E-state index < -0.39 is 0 Å². The molecule has 2 heterocycles. The zero-order valence-electron chi connectivity index (χ0n) is 16.4. The van der Waals surface area contributed by atoms with E-state index in [2.05, 4.69) is 15.3 Å². The van der Waals surface area contributed by atoms with E-state index >= 15 is 0 Å². The first-order chi connectivity index (χ1) is 13.4. The van der Waals surface area contributed by atoms with E-state index in [1.807, 2.05) is 57.4 Å². The maximum absolute atomic E-state index is 12.9. The normalized spacial score (nSPS) is 12.3. The van der Waals surface area contributed by atoms with Crippen molar-refractivity contribution in [2.45, 2.75) is 43.3 Å². The molecule has 8 heteroatoms. The van der Waals surface area contributed by atoms with Crippen LogP contribution < -0.4 is 10.9 Å². The number of nitrogens with one attached hydrogen (secondary N) is 2. The molecule has 0 saturated heterocycles. The van der Waals surface area contributed by atoms with E-state index in [1.165, 1.54) is 11.8 Å². The van der Waals surface area contributed by atoms with E-state index in [4.69, 9.17) is 0 Å². The predicted octanol–water partition coefficient (Wildman–Crippen LogP) is 4.46. The van der Waals surface area contributed by atoms with Crippen LogP contribution in [-0.2, 0) is 4.79 Å². The van der Waals surface area contributed by atoms with Crippen molar-refractivity contribution in [3.63, 3.8) is 0 Å². The van der Waals surface area contributed by atoms with E-state index in [-0.39, 0.29) is 23.3 Å². The van der Waals surface area contributed by atoms with E-state index in [1.54, 1.807) is 16.3 Å². The number of nitrogens with zero attached hydrogens (tertiary/aromatic N) is 2. The number of carbonyl (C=O) groups excluding carboxylic acids is 1. The minimum Gasteiger partial charge on any atom is -0.353 e. The first kappa shape index (κ1) is 20.5. The van der Waals surface area contributed by atoms with Gasteiger partial charge in [0.25, 0.3) is 5.56 Å². The van der Waals surface area contributed by atoms with Crippen LogP contribution in [0.5, 0.6) is 0 Å². The van der Waals surface area contributed by atoms with Gasteiger partial charge in [-0.25, -0.2) is 4.98 Å². The predicted molar refractivity (Wildman–Crippen MR) is 118 cm³/mol. The lowest BCUT2D eigenvalue weighted by Gasteiger charge is -2.17. The number of aromatic amines is 1. The number of hydrogen-bond acceptors (Lipinski definition) is 5. The van der Waals surface area contributed by atoms with Crippen LogP contribution in [0.15, 0.2) is 45.2 Å². The van der Waals surface area contributed by atoms with Crippen molar-refractivity contribution in [3.8, 4) is 0 Å². The molecule has 3 aromatic rings. The molecule has 0 fully saturated rings. The first-order valence-corrected chi connectivity index (χ1v) is 11.3. The number of aryl methyl sites for hydroxylation is 1. The lowest BCUT2D eigenvalue weighted by Crippen LogP contribution is -2.26. The number of anilines is 1. The Bertz CT molecular complexity index is 1060. The van der Waals surface area contributed by atoms with Crippen molar-refractivity contribution >= 4 is 46.2 Å². The van der Waals surface area contributed by atoms with Crippen LogP contribution >= 0.6 is 23.5 Å². The Kier molecular flexibility index (Phi) is 6.51. The van der Waals surface area contributed by atoms with Crippen LogP contribution in [0.1, 0.15) is 32.0 Å². The molecule has 1 aromatic carbocycles. The molecule has 1 amide bonds. The summed E-state index contributed by atoms with van der Waals surface area (Å²) in [6.07, 6.45) is 2.80. The van der Waals surface area contributed by atoms with Gasteiger partial charge in [0.1, 0.15) is 5.52 Å². The second-order valence-corrected chi connectivity index (χ2v) is 8.43. The summed E-state index contributed by atoms with van der Waals surface area (Å²) >= 11 is 2.91. The molecular formula is C20H24N4O2S2. The molecule has 0 spiro atoms. The maximum Gasteiger partial charge on any atom is 0.278 e. The topological polar surface area (TPSA) is 79.8 Å². The second-order valence-electron chi connectivity index (χ2n) is 6.61. The Morgan fingerprint density at radius 1 is 1.36 bits per heavy atom. The Morgan fingerprint density at radius 3 is 2.86 bits per heavy atom. The van der Waals surface area contributed by atoms with E-state index in [0.29, 0.717) is 16.2 Å². The summed E-state index contributed by atoms with van der Waals surface area (Å²) in [5, 5.41) is 3.48. The standard InChI is InChI=1S/C20H24N4O2S2/c1-5-13(3)24-19(26)18-16(9-12(2)21-18)23-20(24)28-11-17(25)22-14-7-6-8-15(10-14)27-4/h6-10,13,21H,5,11H2,1-4H3,(H,22,25)/t13-/m1/s1. The van der Waals surface area contributed by atoms with Gasteiger partial charge in [-0.05, 0) is 50.8 Å². The van der Waals surface area contributed by atoms with Crippen molar-refractivity contribution in [2.75, 3.05) is 17.3 Å². The fourth-order valence-corrected chi connectivity index (χ4v) is 4.25. The van der Waals surface area contributed by atoms with Crippen molar-refractivity contribution in [1.29, 1.82) is 0 Å². The molecule has 0 saturated carbocycles. The van der Waals surface area contributed by atoms with Gasteiger partial charge in [0.2, 0.25) is 5.91 Å². The van der Waals surface area contributed by atoms with Crippen molar-refractivity contribution < 1.29 is 4.79 Å². The van der Waals surface area contributed by atoms with Crippen LogP contribution in [0.4, 0.5) is 5.69 Å². The molecule has 0 unspecified atom stereocenters. The van der Waals surface area contributed by atoms with Crippen LogP contribution in [0, 0.1) is 6.92 Å². The molecule has 0 bridgehead atoms. The average molecular weight is 417 g/mol. The number of carbonyl (C=O) groups is 1. The van der Waals surface area contributed by atoms with Crippen molar-refractivity contribution in [1.82, 2.24) is 14.5 Å². The Hall–Kier alpha value is -2.19. The van der Waals surface area contributed by atoms with Gasteiger partial charge in [0.05, 0.1) is 11.3 Å². The fraction of sp³-hybridized carbons (Fsp3) is 0.350. The Labute approximate surface area is 172 Å². The quantitative estimate of drug-likeness (QED) is 0.439. The van der Waals surface area contributed by atoms with Gasteiger partial charge in [0, 0.05) is 22.3 Å². The maximum atomic E-state index is 12.9. The Balaban J connectivity index is 1.82. The summed E-state index contributed by atoms with van der Waals surface area (Å²) in [4.78, 5) is 34.2. The number of thioether (sulfide) groups is 2. The highest BCUT2D eigenvalue weighted by atomic mass is 32.2. The van der Waals surface area contributed by atoms with Crippen molar-refractivity contribution in [3.05, 3.63) is 46.4 Å². The number of rotatable bonds is 7. The smallest absolute Gasteiger partial charge is 0.278 e. The fourth-order valence-electron chi connectivity index (χ4n) is 2.89. The molecule has 28 heavy (non-hydrogen) atoms. The van der Waals surface area contributed by atoms with Crippen LogP contribution in [0.3, 0.4) is 0 Å². The largest absolute Gasteiger partial charge is 0.353 e. The van der Waals surface area contributed by atoms with Gasteiger partial charge in [-0.2, -0.15) is 0 Å². The number of H-pyrrole nitrogens is 1. The van der Waals surface area contributed by atoms with Gasteiger partial charge >= 0.3 is 0 Å². The molecule has 0 aliphatic carbocycles. The van der Waals surface area contributed by atoms with Gasteiger partial charge in [0.15, 0.2) is 5.16 Å². The zero-order chi connectivity index (χ0) is 20.3. The summed E-state index contributed by atoms with van der Waals surface area (Å²) in [5.41, 5.74) is 2.71. The minimum atomic E-state index is -0.126. The molecule has 3 rings (SSSR count). The molecule has 2 aromatic heterocycles.